The van der Waals surface area contributed by atoms with Gasteiger partial charge in [0.1, 0.15) is 27.3 Å². The summed E-state index contributed by atoms with van der Waals surface area (Å²) >= 11 is 0. The van der Waals surface area contributed by atoms with E-state index in [-0.39, 0.29) is 29.3 Å². The molecule has 1 aliphatic heterocycles. The molecule has 1 N–H and O–H groups in total. The van der Waals surface area contributed by atoms with Crippen LogP contribution in [-0.4, -0.2) is 81.4 Å². The first-order chi connectivity index (χ1) is 18.0. The minimum Gasteiger partial charge on any atom is -0.367 e. The molecule has 0 bridgehead atoms. The number of nitrogens with one attached hydrogen (secondary N) is 1. The lowest BCUT2D eigenvalue weighted by Gasteiger charge is -2.54. The smallest absolute Gasteiger partial charge is 0.367 e. The summed E-state index contributed by atoms with van der Waals surface area (Å²) in [6.45, 7) is 2.44. The number of nitrogens with zero attached hydrogens (tertiary/aromatic N) is 6. The minimum absolute atomic E-state index is 0.126. The van der Waals surface area contributed by atoms with Gasteiger partial charge in [-0.25, -0.2) is 14.4 Å². The maximum Gasteiger partial charge on any atom is 0.434 e. The Morgan fingerprint density at radius 2 is 1.85 bits per heavy atom. The topological polar surface area (TPSA) is 98.1 Å². The molecule has 39 heavy (non-hydrogen) atoms. The molecule has 3 aromatic rings. The Bertz CT molecular complexity index is 1370. The van der Waals surface area contributed by atoms with Gasteiger partial charge in [-0.3, -0.25) is 14.5 Å². The highest BCUT2D eigenvalue weighted by molar-refractivity contribution is 6.42. The van der Waals surface area contributed by atoms with Gasteiger partial charge in [-0.1, -0.05) is 0 Å². The summed E-state index contributed by atoms with van der Waals surface area (Å²) in [7, 11) is 13.1. The van der Waals surface area contributed by atoms with Crippen LogP contribution in [0.5, 0.6) is 0 Å². The summed E-state index contributed by atoms with van der Waals surface area (Å²) in [5.74, 6) is -1.91. The van der Waals surface area contributed by atoms with Crippen LogP contribution in [0.25, 0.3) is 11.3 Å². The summed E-state index contributed by atoms with van der Waals surface area (Å²) in [6.07, 6.45) is -8.13. The maximum atomic E-state index is 14.9. The van der Waals surface area contributed by atoms with Gasteiger partial charge in [0.15, 0.2) is 11.4 Å². The van der Waals surface area contributed by atoms with Crippen LogP contribution in [-0.2, 0) is 18.0 Å². The second kappa shape index (κ2) is 9.84. The largest absolute Gasteiger partial charge is 0.434 e. The fourth-order valence-electron chi connectivity index (χ4n) is 4.08. The van der Waals surface area contributed by atoms with Crippen LogP contribution >= 0.6 is 0 Å². The van der Waals surface area contributed by atoms with E-state index in [2.05, 4.69) is 25.4 Å². The van der Waals surface area contributed by atoms with Crippen LogP contribution < -0.4 is 5.32 Å². The van der Waals surface area contributed by atoms with Gasteiger partial charge in [0.05, 0.1) is 47.3 Å². The van der Waals surface area contributed by atoms with E-state index in [1.165, 1.54) is 24.7 Å². The second-order valence-corrected chi connectivity index (χ2v) is 8.87. The van der Waals surface area contributed by atoms with Crippen LogP contribution in [0, 0.1) is 12.7 Å². The van der Waals surface area contributed by atoms with E-state index in [4.69, 9.17) is 20.4 Å². The van der Waals surface area contributed by atoms with Crippen molar-refractivity contribution in [2.75, 3.05) is 11.9 Å². The number of aryl methyl sites for hydroxylation is 1. The lowest BCUT2D eigenvalue weighted by atomic mass is 9.58. The number of ether oxygens (including phenoxy) is 1. The lowest BCUT2D eigenvalue weighted by molar-refractivity contribution is -0.319. The molecule has 4 radical (unpaired) electrons. The molecule has 0 aromatic carbocycles. The molecule has 9 nitrogen and oxygen atoms in total. The van der Waals surface area contributed by atoms with Crippen LogP contribution in [0.15, 0.2) is 30.7 Å². The van der Waals surface area contributed by atoms with E-state index in [0.29, 0.717) is 16.8 Å². The zero-order valence-electron chi connectivity index (χ0n) is 20.7. The highest BCUT2D eigenvalue weighted by Crippen LogP contribution is 2.41. The van der Waals surface area contributed by atoms with Crippen molar-refractivity contribution in [3.8, 4) is 11.3 Å². The predicted octanol–water partition coefficient (Wildman–Crippen LogP) is 2.66. The Labute approximate surface area is 220 Å². The van der Waals surface area contributed by atoms with Crippen molar-refractivity contribution < 1.29 is 35.9 Å². The third kappa shape index (κ3) is 5.18. The number of morpholine rings is 1. The molecule has 202 valence electrons. The van der Waals surface area contributed by atoms with Crippen LogP contribution in [0.3, 0.4) is 0 Å². The van der Waals surface area contributed by atoms with E-state index in [1.54, 1.807) is 6.92 Å². The van der Waals surface area contributed by atoms with Gasteiger partial charge >= 0.3 is 12.3 Å². The molecule has 3 aromatic heterocycles. The maximum absolute atomic E-state index is 14.9. The number of amides is 1. The summed E-state index contributed by atoms with van der Waals surface area (Å²) < 4.78 is 87.7. The number of rotatable bonds is 5. The molecule has 1 fully saturated rings. The van der Waals surface area contributed by atoms with E-state index < -0.39 is 47.2 Å². The van der Waals surface area contributed by atoms with E-state index in [1.807, 2.05) is 0 Å². The van der Waals surface area contributed by atoms with Crippen LogP contribution in [0.1, 0.15) is 28.8 Å². The summed E-state index contributed by atoms with van der Waals surface area (Å²) in [5, 5.41) is 3.61. The quantitative estimate of drug-likeness (QED) is 0.387. The van der Waals surface area contributed by atoms with Crippen molar-refractivity contribution in [2.24, 2.45) is 7.05 Å². The monoisotopic (exact) mass is 549 g/mol. The molecule has 2 atom stereocenters. The average molecular weight is 549 g/mol. The van der Waals surface area contributed by atoms with Crippen LogP contribution in [0.4, 0.5) is 32.2 Å². The number of carbonyl (C=O) groups is 1. The number of halogens is 6. The molecule has 1 aliphatic rings. The van der Waals surface area contributed by atoms with Gasteiger partial charge < -0.3 is 15.0 Å². The average Bonchev–Trinajstić information content (AvgIpc) is 3.14. The highest BCUT2D eigenvalue weighted by atomic mass is 19.4. The van der Waals surface area contributed by atoms with Gasteiger partial charge in [-0.2, -0.15) is 27.1 Å². The van der Waals surface area contributed by atoms with Gasteiger partial charge in [0, 0.05) is 19.3 Å². The van der Waals surface area contributed by atoms with Crippen molar-refractivity contribution >= 4 is 27.4 Å². The Morgan fingerprint density at radius 3 is 2.41 bits per heavy atom. The fraction of sp³-hybridized carbons (Fsp3) is 0.409. The number of carbonyl (C=O) groups excluding carboxylic acids is 1. The van der Waals surface area contributed by atoms with Crippen molar-refractivity contribution in [1.82, 2.24) is 29.6 Å². The summed E-state index contributed by atoms with van der Waals surface area (Å²) in [4.78, 5) is 25.2. The Balaban J connectivity index is 1.73. The molecule has 0 aliphatic carbocycles. The van der Waals surface area contributed by atoms with E-state index in [0.717, 1.165) is 18.5 Å². The number of pyridine rings is 1. The molecular formula is C22H19B2F6N7O2. The zero-order valence-corrected chi connectivity index (χ0v) is 20.7. The number of hydrogen-bond donors (Lipinski definition) is 1. The first-order valence-electron chi connectivity index (χ1n) is 11.3. The third-order valence-electron chi connectivity index (χ3n) is 6.25. The molecule has 17 heteroatoms. The van der Waals surface area contributed by atoms with Crippen molar-refractivity contribution in [2.45, 2.75) is 43.6 Å². The number of aromatic nitrogens is 5. The molecule has 1 amide bonds. The number of hydrogen-bond acceptors (Lipinski definition) is 7. The van der Waals surface area contributed by atoms with E-state index in [9.17, 15) is 31.1 Å². The number of alkyl halides is 5. The summed E-state index contributed by atoms with van der Waals surface area (Å²) in [5.41, 5.74) is -0.929. The molecule has 1 saturated heterocycles. The first-order valence-corrected chi connectivity index (χ1v) is 11.3. The van der Waals surface area contributed by atoms with Gasteiger partial charge in [0.25, 0.3) is 5.91 Å². The zero-order chi connectivity index (χ0) is 28.9. The number of anilines is 1. The molecule has 0 saturated carbocycles. The normalized spacial score (nSPS) is 20.6. The van der Waals surface area contributed by atoms with Gasteiger partial charge in [-0.15, -0.1) is 0 Å². The fourth-order valence-corrected chi connectivity index (χ4v) is 4.08. The minimum atomic E-state index is -4.72. The molecule has 0 spiro atoms. The Hall–Kier alpha value is -3.62. The lowest BCUT2D eigenvalue weighted by Crippen LogP contribution is -2.74. The van der Waals surface area contributed by atoms with E-state index >= 15 is 0 Å². The Morgan fingerprint density at radius 1 is 1.15 bits per heavy atom. The van der Waals surface area contributed by atoms with Gasteiger partial charge in [0.2, 0.25) is 0 Å². The third-order valence-corrected chi connectivity index (χ3v) is 6.25. The van der Waals surface area contributed by atoms with Crippen molar-refractivity contribution in [1.29, 1.82) is 0 Å². The van der Waals surface area contributed by atoms with Crippen molar-refractivity contribution in [3.63, 3.8) is 0 Å². The predicted molar refractivity (Wildman–Crippen MR) is 126 cm³/mol. The highest BCUT2D eigenvalue weighted by Gasteiger charge is 2.60. The van der Waals surface area contributed by atoms with Crippen molar-refractivity contribution in [3.05, 3.63) is 53.6 Å². The van der Waals surface area contributed by atoms with Crippen LogP contribution in [0.2, 0.25) is 0 Å². The molecule has 4 heterocycles. The first kappa shape index (κ1) is 28.4. The molecular weight excluding hydrogens is 530 g/mol. The molecule has 2 unspecified atom stereocenters. The second-order valence-electron chi connectivity index (χ2n) is 8.87. The Kier molecular flexibility index (Phi) is 7.17. The van der Waals surface area contributed by atoms with Gasteiger partial charge in [-0.05, 0) is 26.0 Å². The molecule has 4 rings (SSSR count). The SMILES string of the molecule is [B]C1([B])N(C(=O)c2nn(C)c(C)c2-c2ccc(F)cn2)C(CNc2cnc(C(F)(F)F)cn2)C(C)OC1(F)F. The standard InChI is InChI=1S/C22H19B2F6N7O2/c1-10-17(13-5-4-12(25)6-31-13)18(35-36(10)3)19(38)37-14(11(2)39-22(29,30)21(37,23)24)7-33-16-9-32-15(8-34-16)20(26,27)28/h4-6,8-9,11,14H,7H2,1-3H3,(H,33,34). The summed E-state index contributed by atoms with van der Waals surface area (Å²) in [6, 6.07) is 1.09.